The number of aromatic nitrogens is 2. The molecule has 0 spiro atoms. The molecular weight excluding hydrogens is 418 g/mol. The van der Waals surface area contributed by atoms with Gasteiger partial charge in [0.1, 0.15) is 12.1 Å². The lowest BCUT2D eigenvalue weighted by molar-refractivity contribution is -0.142. The van der Waals surface area contributed by atoms with Gasteiger partial charge in [-0.05, 0) is 11.6 Å². The Morgan fingerprint density at radius 1 is 1.22 bits per heavy atom. The van der Waals surface area contributed by atoms with Gasteiger partial charge in [0.25, 0.3) is 0 Å². The Morgan fingerprint density at radius 3 is 2.75 bits per heavy atom. The molecule has 2 N–H and O–H groups in total. The molecule has 1 aliphatic rings. The van der Waals surface area contributed by atoms with E-state index in [0.717, 1.165) is 17.3 Å². The molecule has 2 aromatic carbocycles. The number of esters is 1. The van der Waals surface area contributed by atoms with E-state index in [1.165, 1.54) is 30.5 Å². The van der Waals surface area contributed by atoms with E-state index in [1.54, 1.807) is 0 Å². The number of carbonyl (C=O) groups excluding carboxylic acids is 2. The van der Waals surface area contributed by atoms with Gasteiger partial charge in [-0.1, -0.05) is 42.5 Å². The molecule has 166 valence electrons. The molecule has 7 nitrogen and oxygen atoms in total. The van der Waals surface area contributed by atoms with Crippen molar-refractivity contribution in [1.82, 2.24) is 20.2 Å². The van der Waals surface area contributed by atoms with Crippen LogP contribution in [0.3, 0.4) is 0 Å². The van der Waals surface area contributed by atoms with Crippen molar-refractivity contribution < 1.29 is 23.1 Å². The number of hydrogen-bond acceptors (Lipinski definition) is 4. The molecule has 0 bridgehead atoms. The van der Waals surface area contributed by atoms with E-state index < -0.39 is 35.7 Å². The molecule has 0 radical (unpaired) electrons. The van der Waals surface area contributed by atoms with E-state index in [2.05, 4.69) is 15.3 Å². The first kappa shape index (κ1) is 21.5. The Bertz CT molecular complexity index is 1120. The van der Waals surface area contributed by atoms with Crippen molar-refractivity contribution in [2.24, 2.45) is 0 Å². The van der Waals surface area contributed by atoms with Crippen LogP contribution < -0.4 is 5.32 Å². The van der Waals surface area contributed by atoms with Crippen LogP contribution in [0.4, 0.5) is 13.6 Å². The zero-order valence-electron chi connectivity index (χ0n) is 17.3. The van der Waals surface area contributed by atoms with E-state index in [1.807, 2.05) is 30.3 Å². The number of nitrogens with one attached hydrogen (secondary N) is 2. The minimum atomic E-state index is -1.04. The Labute approximate surface area is 183 Å². The van der Waals surface area contributed by atoms with Crippen molar-refractivity contribution >= 4 is 12.0 Å². The second-order valence-corrected chi connectivity index (χ2v) is 7.47. The van der Waals surface area contributed by atoms with Crippen LogP contribution in [0.5, 0.6) is 0 Å². The minimum absolute atomic E-state index is 0.00845. The molecule has 3 aromatic rings. The average molecular weight is 440 g/mol. The van der Waals surface area contributed by atoms with Gasteiger partial charge in [-0.25, -0.2) is 23.4 Å². The third kappa shape index (κ3) is 4.18. The molecule has 0 fully saturated rings. The molecular formula is C23H22F2N4O3. The second-order valence-electron chi connectivity index (χ2n) is 7.47. The maximum atomic E-state index is 14.7. The molecule has 0 saturated heterocycles. The summed E-state index contributed by atoms with van der Waals surface area (Å²) in [6.45, 7) is 0.223. The smallest absolute Gasteiger partial charge is 0.328 e. The predicted octanol–water partition coefficient (Wildman–Crippen LogP) is 3.13. The van der Waals surface area contributed by atoms with Crippen LogP contribution in [0, 0.1) is 11.6 Å². The number of benzene rings is 2. The number of carbonyl (C=O) groups is 2. The predicted molar refractivity (Wildman–Crippen MR) is 112 cm³/mol. The minimum Gasteiger partial charge on any atom is -0.467 e. The summed E-state index contributed by atoms with van der Waals surface area (Å²) in [4.78, 5) is 34.3. The lowest BCUT2D eigenvalue weighted by Crippen LogP contribution is -2.52. The molecule has 2 amide bonds. The van der Waals surface area contributed by atoms with Crippen LogP contribution in [0.15, 0.2) is 54.9 Å². The van der Waals surface area contributed by atoms with Crippen LogP contribution in [0.25, 0.3) is 0 Å². The lowest BCUT2D eigenvalue weighted by atomic mass is 9.95. The summed E-state index contributed by atoms with van der Waals surface area (Å²) in [5.41, 5.74) is 2.01. The van der Waals surface area contributed by atoms with Gasteiger partial charge >= 0.3 is 12.0 Å². The summed E-state index contributed by atoms with van der Waals surface area (Å²) in [6, 6.07) is 10.5. The largest absolute Gasteiger partial charge is 0.467 e. The average Bonchev–Trinajstić information content (AvgIpc) is 3.29. The fourth-order valence-corrected chi connectivity index (χ4v) is 3.96. The van der Waals surface area contributed by atoms with E-state index >= 15 is 0 Å². The number of methoxy groups -OCH3 is 1. The lowest BCUT2D eigenvalue weighted by Gasteiger charge is -2.36. The topological polar surface area (TPSA) is 87.3 Å². The van der Waals surface area contributed by atoms with E-state index in [9.17, 15) is 18.4 Å². The number of nitrogens with zero attached hydrogens (tertiary/aromatic N) is 2. The fourth-order valence-electron chi connectivity index (χ4n) is 3.96. The van der Waals surface area contributed by atoms with Gasteiger partial charge in [0.15, 0.2) is 11.6 Å². The summed E-state index contributed by atoms with van der Waals surface area (Å²) in [6.07, 6.45) is 2.14. The number of aromatic amines is 1. The monoisotopic (exact) mass is 440 g/mol. The van der Waals surface area contributed by atoms with E-state index in [0.29, 0.717) is 12.1 Å². The zero-order valence-corrected chi connectivity index (χ0v) is 17.3. The highest BCUT2D eigenvalue weighted by Gasteiger charge is 2.37. The Balaban J connectivity index is 1.64. The van der Waals surface area contributed by atoms with Crippen LogP contribution in [0.1, 0.15) is 28.6 Å². The SMILES string of the molecule is COC(=O)[C@H](Cc1ccccc1)NC(=O)N1CCc2[nH]cnc2[C@H]1c1cccc(F)c1F. The van der Waals surface area contributed by atoms with Crippen LogP contribution in [-0.4, -0.2) is 46.6 Å². The zero-order chi connectivity index (χ0) is 22.7. The summed E-state index contributed by atoms with van der Waals surface area (Å²) < 4.78 is 33.6. The molecule has 1 aromatic heterocycles. The number of fused-ring (bicyclic) bond motifs is 1. The van der Waals surface area contributed by atoms with Crippen LogP contribution >= 0.6 is 0 Å². The maximum absolute atomic E-state index is 14.7. The molecule has 0 aliphatic carbocycles. The number of amides is 2. The van der Waals surface area contributed by atoms with Crippen molar-refractivity contribution in [1.29, 1.82) is 0 Å². The number of urea groups is 1. The van der Waals surface area contributed by atoms with Crippen molar-refractivity contribution in [2.45, 2.75) is 24.9 Å². The van der Waals surface area contributed by atoms with Gasteiger partial charge in [0, 0.05) is 30.6 Å². The number of H-pyrrole nitrogens is 1. The Morgan fingerprint density at radius 2 is 2.00 bits per heavy atom. The standard InChI is InChI=1S/C23H22F2N4O3/c1-32-22(30)18(12-14-6-3-2-4-7-14)28-23(31)29-11-10-17-20(27-13-26-17)21(29)15-8-5-9-16(24)19(15)25/h2-9,13,18,21H,10-12H2,1H3,(H,26,27)(H,28,31)/t18-,21+/m0/s1. The molecule has 0 unspecified atom stereocenters. The van der Waals surface area contributed by atoms with Gasteiger partial charge in [-0.2, -0.15) is 0 Å². The van der Waals surface area contributed by atoms with Gasteiger partial charge in [0.2, 0.25) is 0 Å². The number of imidazole rings is 1. The summed E-state index contributed by atoms with van der Waals surface area (Å²) in [7, 11) is 1.24. The van der Waals surface area contributed by atoms with Crippen molar-refractivity contribution in [3.63, 3.8) is 0 Å². The number of ether oxygens (including phenoxy) is 1. The first-order valence-corrected chi connectivity index (χ1v) is 10.1. The molecule has 0 saturated carbocycles. The number of rotatable bonds is 5. The summed E-state index contributed by atoms with van der Waals surface area (Å²) >= 11 is 0. The quantitative estimate of drug-likeness (QED) is 0.597. The van der Waals surface area contributed by atoms with E-state index in [4.69, 9.17) is 4.74 Å². The fraction of sp³-hybridized carbons (Fsp3) is 0.261. The third-order valence-electron chi connectivity index (χ3n) is 5.53. The van der Waals surface area contributed by atoms with Crippen molar-refractivity contribution in [2.75, 3.05) is 13.7 Å². The third-order valence-corrected chi connectivity index (χ3v) is 5.53. The molecule has 4 rings (SSSR count). The van der Waals surface area contributed by atoms with Crippen molar-refractivity contribution in [3.05, 3.63) is 89.0 Å². The molecule has 2 heterocycles. The normalized spacial score (nSPS) is 16.2. The highest BCUT2D eigenvalue weighted by molar-refractivity contribution is 5.84. The second kappa shape index (κ2) is 9.17. The van der Waals surface area contributed by atoms with Gasteiger partial charge in [0.05, 0.1) is 19.1 Å². The van der Waals surface area contributed by atoms with Crippen molar-refractivity contribution in [3.8, 4) is 0 Å². The van der Waals surface area contributed by atoms with Gasteiger partial charge in [-0.3, -0.25) is 0 Å². The van der Waals surface area contributed by atoms with E-state index in [-0.39, 0.29) is 18.5 Å². The van der Waals surface area contributed by atoms with Gasteiger partial charge < -0.3 is 19.9 Å². The van der Waals surface area contributed by atoms with Crippen LogP contribution in [-0.2, 0) is 22.4 Å². The number of halogens is 2. The van der Waals surface area contributed by atoms with Gasteiger partial charge in [-0.15, -0.1) is 0 Å². The Hall–Kier alpha value is -3.75. The highest BCUT2D eigenvalue weighted by Crippen LogP contribution is 2.35. The first-order valence-electron chi connectivity index (χ1n) is 10.1. The Kier molecular flexibility index (Phi) is 6.16. The highest BCUT2D eigenvalue weighted by atomic mass is 19.2. The van der Waals surface area contributed by atoms with Crippen LogP contribution in [0.2, 0.25) is 0 Å². The summed E-state index contributed by atoms with van der Waals surface area (Å²) in [5.74, 6) is -2.66. The molecule has 9 heteroatoms. The summed E-state index contributed by atoms with van der Waals surface area (Å²) in [5, 5.41) is 2.70. The maximum Gasteiger partial charge on any atom is 0.328 e. The molecule has 1 aliphatic heterocycles. The molecule has 2 atom stereocenters. The first-order chi connectivity index (χ1) is 15.5. The number of hydrogen-bond donors (Lipinski definition) is 2. The molecule has 32 heavy (non-hydrogen) atoms.